The van der Waals surface area contributed by atoms with Gasteiger partial charge in [-0.05, 0) is 61.9 Å². The normalized spacial score (nSPS) is 23.8. The van der Waals surface area contributed by atoms with E-state index in [1.807, 2.05) is 29.2 Å². The summed E-state index contributed by atoms with van der Waals surface area (Å²) in [6.07, 6.45) is 5.30. The average Bonchev–Trinajstić information content (AvgIpc) is 3.26. The highest BCUT2D eigenvalue weighted by atomic mass is 32.1. The molecule has 2 aromatic carbocycles. The number of benzene rings is 2. The number of carbonyl (C=O) groups is 2. The summed E-state index contributed by atoms with van der Waals surface area (Å²) in [7, 11) is 0. The molecule has 1 saturated heterocycles. The van der Waals surface area contributed by atoms with Crippen LogP contribution >= 0.6 is 11.3 Å². The van der Waals surface area contributed by atoms with Crippen molar-refractivity contribution in [3.05, 3.63) is 64.9 Å². The molecule has 1 aliphatic heterocycles. The maximum absolute atomic E-state index is 13.7. The number of rotatable bonds is 5. The maximum Gasteiger partial charge on any atom is 0.223 e. The largest absolute Gasteiger partial charge is 0.339 e. The van der Waals surface area contributed by atoms with Gasteiger partial charge in [-0.15, -0.1) is 11.3 Å². The van der Waals surface area contributed by atoms with Gasteiger partial charge in [0.2, 0.25) is 5.91 Å². The predicted molar refractivity (Wildman–Crippen MR) is 129 cm³/mol. The predicted octanol–water partition coefficient (Wildman–Crippen LogP) is 5.95. The molecule has 2 fully saturated rings. The Morgan fingerprint density at radius 2 is 1.85 bits per heavy atom. The summed E-state index contributed by atoms with van der Waals surface area (Å²) in [5, 5.41) is 0.884. The molecule has 172 valence electrons. The fourth-order valence-corrected chi connectivity index (χ4v) is 6.94. The third kappa shape index (κ3) is 4.45. The zero-order valence-corrected chi connectivity index (χ0v) is 19.7. The van der Waals surface area contributed by atoms with E-state index in [4.69, 9.17) is 4.98 Å². The number of thiazole rings is 1. The van der Waals surface area contributed by atoms with E-state index in [2.05, 4.69) is 0 Å². The van der Waals surface area contributed by atoms with Crippen LogP contribution in [0.25, 0.3) is 10.2 Å². The van der Waals surface area contributed by atoms with Crippen molar-refractivity contribution in [2.24, 2.45) is 11.8 Å². The second-order valence-electron chi connectivity index (χ2n) is 9.44. The van der Waals surface area contributed by atoms with Crippen LogP contribution in [0.15, 0.2) is 48.5 Å². The number of amides is 1. The molecule has 0 N–H and O–H groups in total. The first kappa shape index (κ1) is 22.2. The van der Waals surface area contributed by atoms with Crippen molar-refractivity contribution in [2.75, 3.05) is 6.54 Å². The van der Waals surface area contributed by atoms with E-state index in [1.54, 1.807) is 30.4 Å². The minimum absolute atomic E-state index is 0.0801. The zero-order chi connectivity index (χ0) is 22.9. The molecular formula is C27H29FN2O2S. The lowest BCUT2D eigenvalue weighted by Crippen LogP contribution is -2.54. The van der Waals surface area contributed by atoms with E-state index in [-0.39, 0.29) is 41.3 Å². The highest BCUT2D eigenvalue weighted by molar-refractivity contribution is 7.18. The lowest BCUT2D eigenvalue weighted by atomic mass is 9.70. The number of likely N-dealkylation sites (tertiary alicyclic amines) is 1. The van der Waals surface area contributed by atoms with E-state index in [0.29, 0.717) is 13.0 Å². The van der Waals surface area contributed by atoms with Crippen molar-refractivity contribution in [3.8, 4) is 0 Å². The van der Waals surface area contributed by atoms with Gasteiger partial charge >= 0.3 is 0 Å². The summed E-state index contributed by atoms with van der Waals surface area (Å²) in [6.45, 7) is 2.34. The standard InChI is InChI=1S/C27H29FN2O2S/c1-17(31)20-14-15-30(24-8-4-2-6-21(20)24)26(32)16-22(18-10-12-19(28)13-11-18)27-29-23-7-3-5-9-25(23)33-27/h3,5,7,9-13,20-22,24H,2,4,6,8,14-16H2,1H3. The van der Waals surface area contributed by atoms with Crippen LogP contribution in [-0.4, -0.2) is 34.2 Å². The van der Waals surface area contributed by atoms with Gasteiger partial charge in [-0.1, -0.05) is 37.1 Å². The molecular weight excluding hydrogens is 435 g/mol. The molecule has 1 aliphatic carbocycles. The number of halogens is 1. The number of aromatic nitrogens is 1. The Kier molecular flexibility index (Phi) is 6.28. The Balaban J connectivity index is 1.44. The van der Waals surface area contributed by atoms with Crippen LogP contribution in [0.2, 0.25) is 0 Å². The highest BCUT2D eigenvalue weighted by Gasteiger charge is 2.43. The van der Waals surface area contributed by atoms with Gasteiger partial charge in [-0.3, -0.25) is 9.59 Å². The number of nitrogens with zero attached hydrogens (tertiary/aromatic N) is 2. The van der Waals surface area contributed by atoms with Crippen molar-refractivity contribution in [1.82, 2.24) is 9.88 Å². The van der Waals surface area contributed by atoms with E-state index in [0.717, 1.165) is 52.9 Å². The van der Waals surface area contributed by atoms with Gasteiger partial charge in [0.05, 0.1) is 10.2 Å². The molecule has 0 bridgehead atoms. The summed E-state index contributed by atoms with van der Waals surface area (Å²) >= 11 is 1.60. The lowest BCUT2D eigenvalue weighted by molar-refractivity contribution is -0.143. The second-order valence-corrected chi connectivity index (χ2v) is 10.5. The number of para-hydroxylation sites is 1. The fourth-order valence-electron chi connectivity index (χ4n) is 5.84. The Hall–Kier alpha value is -2.60. The van der Waals surface area contributed by atoms with Crippen LogP contribution in [0, 0.1) is 17.7 Å². The third-order valence-electron chi connectivity index (χ3n) is 7.48. The van der Waals surface area contributed by atoms with Crippen LogP contribution in [0.4, 0.5) is 4.39 Å². The summed E-state index contributed by atoms with van der Waals surface area (Å²) in [5.41, 5.74) is 1.83. The highest BCUT2D eigenvalue weighted by Crippen LogP contribution is 2.41. The molecule has 4 atom stereocenters. The summed E-state index contributed by atoms with van der Waals surface area (Å²) < 4.78 is 14.7. The SMILES string of the molecule is CC(=O)C1CCN(C(=O)CC(c2ccc(F)cc2)c2nc3ccccc3s2)C2CCCCC12. The number of carbonyl (C=O) groups excluding carboxylic acids is 2. The van der Waals surface area contributed by atoms with Gasteiger partial charge in [0.1, 0.15) is 16.6 Å². The van der Waals surface area contributed by atoms with Crippen molar-refractivity contribution in [2.45, 2.75) is 57.4 Å². The monoisotopic (exact) mass is 464 g/mol. The van der Waals surface area contributed by atoms with E-state index in [9.17, 15) is 14.0 Å². The van der Waals surface area contributed by atoms with Gasteiger partial charge in [0.25, 0.3) is 0 Å². The van der Waals surface area contributed by atoms with Crippen LogP contribution < -0.4 is 0 Å². The Morgan fingerprint density at radius 3 is 2.61 bits per heavy atom. The van der Waals surface area contributed by atoms with Crippen LogP contribution in [0.1, 0.15) is 61.9 Å². The molecule has 1 saturated carbocycles. The van der Waals surface area contributed by atoms with E-state index in [1.165, 1.54) is 12.1 Å². The zero-order valence-electron chi connectivity index (χ0n) is 18.9. The molecule has 4 nitrogen and oxygen atoms in total. The Morgan fingerprint density at radius 1 is 1.09 bits per heavy atom. The molecule has 1 aromatic heterocycles. The fraction of sp³-hybridized carbons (Fsp3) is 0.444. The quantitative estimate of drug-likeness (QED) is 0.469. The molecule has 0 radical (unpaired) electrons. The van der Waals surface area contributed by atoms with Gasteiger partial charge in [0.15, 0.2) is 0 Å². The number of piperidine rings is 1. The number of Topliss-reactive ketones (excluding diaryl/α,β-unsaturated/α-hetero) is 1. The first-order chi connectivity index (χ1) is 16.0. The lowest BCUT2D eigenvalue weighted by Gasteiger charge is -2.47. The molecule has 4 unspecified atom stereocenters. The molecule has 2 heterocycles. The number of hydrogen-bond donors (Lipinski definition) is 0. The van der Waals surface area contributed by atoms with Gasteiger partial charge in [0, 0.05) is 30.8 Å². The van der Waals surface area contributed by atoms with Crippen molar-refractivity contribution in [1.29, 1.82) is 0 Å². The molecule has 3 aromatic rings. The third-order valence-corrected chi connectivity index (χ3v) is 8.63. The summed E-state index contributed by atoms with van der Waals surface area (Å²) in [4.78, 5) is 32.8. The Labute approximate surface area is 197 Å². The maximum atomic E-state index is 13.7. The molecule has 5 rings (SSSR count). The van der Waals surface area contributed by atoms with Gasteiger partial charge < -0.3 is 4.90 Å². The number of hydrogen-bond acceptors (Lipinski definition) is 4. The van der Waals surface area contributed by atoms with Gasteiger partial charge in [-0.2, -0.15) is 0 Å². The topological polar surface area (TPSA) is 50.3 Å². The molecule has 6 heteroatoms. The first-order valence-corrected chi connectivity index (χ1v) is 12.7. The minimum Gasteiger partial charge on any atom is -0.339 e. The van der Waals surface area contributed by atoms with Crippen LogP contribution in [-0.2, 0) is 9.59 Å². The average molecular weight is 465 g/mol. The van der Waals surface area contributed by atoms with Crippen molar-refractivity contribution in [3.63, 3.8) is 0 Å². The second kappa shape index (κ2) is 9.34. The van der Waals surface area contributed by atoms with E-state index < -0.39 is 0 Å². The van der Waals surface area contributed by atoms with Crippen molar-refractivity contribution < 1.29 is 14.0 Å². The molecule has 1 amide bonds. The molecule has 33 heavy (non-hydrogen) atoms. The Bertz CT molecular complexity index is 1130. The van der Waals surface area contributed by atoms with E-state index >= 15 is 0 Å². The minimum atomic E-state index is -0.288. The molecule has 2 aliphatic rings. The van der Waals surface area contributed by atoms with Gasteiger partial charge in [-0.25, -0.2) is 9.37 Å². The first-order valence-electron chi connectivity index (χ1n) is 11.9. The van der Waals surface area contributed by atoms with Crippen LogP contribution in [0.3, 0.4) is 0 Å². The van der Waals surface area contributed by atoms with Crippen molar-refractivity contribution >= 4 is 33.2 Å². The smallest absolute Gasteiger partial charge is 0.223 e. The summed E-state index contributed by atoms with van der Waals surface area (Å²) in [5.74, 6) is 0.227. The van der Waals surface area contributed by atoms with Crippen LogP contribution in [0.5, 0.6) is 0 Å². The molecule has 0 spiro atoms. The summed E-state index contributed by atoms with van der Waals surface area (Å²) in [6, 6.07) is 14.6. The number of ketones is 1. The number of fused-ring (bicyclic) bond motifs is 2.